The van der Waals surface area contributed by atoms with E-state index in [1.54, 1.807) is 0 Å². The predicted octanol–water partition coefficient (Wildman–Crippen LogP) is 2.67. The first-order chi connectivity index (χ1) is 11.8. The molecule has 0 spiro atoms. The van der Waals surface area contributed by atoms with Crippen molar-refractivity contribution in [1.82, 2.24) is 15.1 Å². The molecule has 1 atom stereocenters. The van der Waals surface area contributed by atoms with Gasteiger partial charge in [0.05, 0.1) is 32.1 Å². The van der Waals surface area contributed by atoms with Crippen LogP contribution in [0.3, 0.4) is 0 Å². The summed E-state index contributed by atoms with van der Waals surface area (Å²) in [5, 5.41) is 8.36. The molecule has 1 fully saturated rings. The van der Waals surface area contributed by atoms with Crippen molar-refractivity contribution >= 4 is 11.0 Å². The number of para-hydroxylation sites is 1. The molecule has 6 heteroatoms. The van der Waals surface area contributed by atoms with Gasteiger partial charge in [-0.05, 0) is 19.2 Å². The highest BCUT2D eigenvalue weighted by Gasteiger charge is 2.19. The normalized spacial score (nSPS) is 18.5. The van der Waals surface area contributed by atoms with Gasteiger partial charge < -0.3 is 13.9 Å². The SMILES string of the molecule is CN(Cc1cn[nH]c1-c1cc2ccccc2o1)C[C@@H]1COCCO1. The van der Waals surface area contributed by atoms with Gasteiger partial charge in [0.15, 0.2) is 5.76 Å². The van der Waals surface area contributed by atoms with Gasteiger partial charge >= 0.3 is 0 Å². The van der Waals surface area contributed by atoms with Crippen molar-refractivity contribution < 1.29 is 13.9 Å². The van der Waals surface area contributed by atoms with Gasteiger partial charge in [0.1, 0.15) is 11.3 Å². The molecule has 4 rings (SSSR count). The van der Waals surface area contributed by atoms with Crippen LogP contribution in [0.15, 0.2) is 40.9 Å². The number of H-pyrrole nitrogens is 1. The summed E-state index contributed by atoms with van der Waals surface area (Å²) < 4.78 is 17.1. The predicted molar refractivity (Wildman–Crippen MR) is 90.7 cm³/mol. The van der Waals surface area contributed by atoms with Crippen molar-refractivity contribution in [2.45, 2.75) is 12.6 Å². The van der Waals surface area contributed by atoms with E-state index in [4.69, 9.17) is 13.9 Å². The molecular formula is C18H21N3O3. The minimum Gasteiger partial charge on any atom is -0.454 e. The van der Waals surface area contributed by atoms with Gasteiger partial charge in [0.25, 0.3) is 0 Å². The lowest BCUT2D eigenvalue weighted by Crippen LogP contribution is -2.38. The topological polar surface area (TPSA) is 63.5 Å². The molecule has 0 radical (unpaired) electrons. The molecule has 0 saturated carbocycles. The number of aromatic amines is 1. The molecule has 3 aromatic rings. The molecule has 0 bridgehead atoms. The Morgan fingerprint density at radius 1 is 1.29 bits per heavy atom. The molecule has 1 aliphatic rings. The third-order valence-electron chi connectivity index (χ3n) is 4.23. The first-order valence-electron chi connectivity index (χ1n) is 8.18. The number of aromatic nitrogens is 2. The maximum absolute atomic E-state index is 5.95. The van der Waals surface area contributed by atoms with E-state index in [1.165, 1.54) is 0 Å². The number of fused-ring (bicyclic) bond motifs is 1. The van der Waals surface area contributed by atoms with Gasteiger partial charge in [-0.3, -0.25) is 10.00 Å². The largest absolute Gasteiger partial charge is 0.454 e. The zero-order chi connectivity index (χ0) is 16.4. The molecule has 0 unspecified atom stereocenters. The Kier molecular flexibility index (Phi) is 4.34. The molecule has 126 valence electrons. The zero-order valence-electron chi connectivity index (χ0n) is 13.7. The van der Waals surface area contributed by atoms with E-state index in [0.717, 1.165) is 41.1 Å². The average Bonchev–Trinajstić information content (AvgIpc) is 3.21. The molecule has 1 aliphatic heterocycles. The summed E-state index contributed by atoms with van der Waals surface area (Å²) >= 11 is 0. The van der Waals surface area contributed by atoms with Crippen LogP contribution in [0.1, 0.15) is 5.56 Å². The molecule has 1 saturated heterocycles. The summed E-state index contributed by atoms with van der Waals surface area (Å²) in [4.78, 5) is 2.22. The number of nitrogens with zero attached hydrogens (tertiary/aromatic N) is 2. The summed E-state index contributed by atoms with van der Waals surface area (Å²) in [5.74, 6) is 0.814. The fourth-order valence-corrected chi connectivity index (χ4v) is 3.09. The summed E-state index contributed by atoms with van der Waals surface area (Å²) in [5.41, 5.74) is 2.92. The molecule has 6 nitrogen and oxygen atoms in total. The second-order valence-electron chi connectivity index (χ2n) is 6.18. The minimum atomic E-state index is 0.130. The van der Waals surface area contributed by atoms with Gasteiger partial charge in [-0.2, -0.15) is 5.10 Å². The molecule has 0 amide bonds. The first kappa shape index (κ1) is 15.4. The van der Waals surface area contributed by atoms with Crippen LogP contribution in [0.4, 0.5) is 0 Å². The highest BCUT2D eigenvalue weighted by atomic mass is 16.6. The summed E-state index contributed by atoms with van der Waals surface area (Å²) in [6.07, 6.45) is 1.99. The van der Waals surface area contributed by atoms with Crippen LogP contribution in [0.5, 0.6) is 0 Å². The zero-order valence-corrected chi connectivity index (χ0v) is 13.7. The van der Waals surface area contributed by atoms with E-state index >= 15 is 0 Å². The van der Waals surface area contributed by atoms with Crippen LogP contribution in [-0.4, -0.2) is 54.6 Å². The number of nitrogens with one attached hydrogen (secondary N) is 1. The lowest BCUT2D eigenvalue weighted by atomic mass is 10.2. The quantitative estimate of drug-likeness (QED) is 0.780. The molecular weight excluding hydrogens is 306 g/mol. The van der Waals surface area contributed by atoms with Crippen LogP contribution < -0.4 is 0 Å². The molecule has 2 aromatic heterocycles. The van der Waals surface area contributed by atoms with Crippen molar-refractivity contribution in [1.29, 1.82) is 0 Å². The Hall–Kier alpha value is -2.15. The van der Waals surface area contributed by atoms with Gasteiger partial charge in [-0.1, -0.05) is 18.2 Å². The Morgan fingerprint density at radius 2 is 2.21 bits per heavy atom. The average molecular weight is 327 g/mol. The smallest absolute Gasteiger partial charge is 0.153 e. The third kappa shape index (κ3) is 3.21. The van der Waals surface area contributed by atoms with Crippen LogP contribution in [0, 0.1) is 0 Å². The van der Waals surface area contributed by atoms with Gasteiger partial charge in [0.2, 0.25) is 0 Å². The van der Waals surface area contributed by atoms with E-state index in [1.807, 2.05) is 36.5 Å². The monoisotopic (exact) mass is 327 g/mol. The second-order valence-corrected chi connectivity index (χ2v) is 6.18. The van der Waals surface area contributed by atoms with Crippen molar-refractivity contribution in [3.05, 3.63) is 42.1 Å². The number of hydrogen-bond donors (Lipinski definition) is 1. The lowest BCUT2D eigenvalue weighted by Gasteiger charge is -2.27. The van der Waals surface area contributed by atoms with E-state index in [0.29, 0.717) is 19.8 Å². The van der Waals surface area contributed by atoms with E-state index in [2.05, 4.69) is 22.1 Å². The maximum Gasteiger partial charge on any atom is 0.153 e. The third-order valence-corrected chi connectivity index (χ3v) is 4.23. The van der Waals surface area contributed by atoms with Gasteiger partial charge in [-0.25, -0.2) is 0 Å². The van der Waals surface area contributed by atoms with Gasteiger partial charge in [0, 0.05) is 24.0 Å². The molecule has 3 heterocycles. The van der Waals surface area contributed by atoms with Crippen molar-refractivity contribution in [3.8, 4) is 11.5 Å². The van der Waals surface area contributed by atoms with Gasteiger partial charge in [-0.15, -0.1) is 0 Å². The summed E-state index contributed by atoms with van der Waals surface area (Å²) in [6.45, 7) is 3.62. The Balaban J connectivity index is 1.49. The Bertz CT molecular complexity index is 772. The number of hydrogen-bond acceptors (Lipinski definition) is 5. The van der Waals surface area contributed by atoms with E-state index in [-0.39, 0.29) is 6.10 Å². The van der Waals surface area contributed by atoms with Crippen molar-refractivity contribution in [3.63, 3.8) is 0 Å². The van der Waals surface area contributed by atoms with Crippen LogP contribution in [0.25, 0.3) is 22.4 Å². The Labute approximate surface area is 140 Å². The highest BCUT2D eigenvalue weighted by molar-refractivity contribution is 5.82. The number of rotatable bonds is 5. The second kappa shape index (κ2) is 6.76. The number of likely N-dealkylation sites (N-methyl/N-ethyl adjacent to an activating group) is 1. The van der Waals surface area contributed by atoms with E-state index < -0.39 is 0 Å². The standard InChI is InChI=1S/C18H21N3O3/c1-21(11-15-12-22-6-7-23-15)10-14-9-19-20-18(14)17-8-13-4-2-3-5-16(13)24-17/h2-5,8-9,15H,6-7,10-12H2,1H3,(H,19,20)/t15-/m1/s1. The minimum absolute atomic E-state index is 0.130. The molecule has 1 N–H and O–H groups in total. The molecule has 1 aromatic carbocycles. The van der Waals surface area contributed by atoms with Crippen molar-refractivity contribution in [2.24, 2.45) is 0 Å². The number of furan rings is 1. The highest BCUT2D eigenvalue weighted by Crippen LogP contribution is 2.29. The fraction of sp³-hybridized carbons (Fsp3) is 0.389. The summed E-state index contributed by atoms with van der Waals surface area (Å²) in [7, 11) is 2.08. The van der Waals surface area contributed by atoms with Crippen LogP contribution >= 0.6 is 0 Å². The number of ether oxygens (including phenoxy) is 2. The Morgan fingerprint density at radius 3 is 3.04 bits per heavy atom. The van der Waals surface area contributed by atoms with E-state index in [9.17, 15) is 0 Å². The fourth-order valence-electron chi connectivity index (χ4n) is 3.09. The van der Waals surface area contributed by atoms with Crippen molar-refractivity contribution in [2.75, 3.05) is 33.4 Å². The maximum atomic E-state index is 5.95. The van der Waals surface area contributed by atoms with Crippen LogP contribution in [-0.2, 0) is 16.0 Å². The first-order valence-corrected chi connectivity index (χ1v) is 8.18. The lowest BCUT2D eigenvalue weighted by molar-refractivity contribution is -0.0962. The molecule has 24 heavy (non-hydrogen) atoms. The molecule has 0 aliphatic carbocycles. The number of benzene rings is 1. The summed E-state index contributed by atoms with van der Waals surface area (Å²) in [6, 6.07) is 10.1. The van der Waals surface area contributed by atoms with Crippen LogP contribution in [0.2, 0.25) is 0 Å².